The fraction of sp³-hybridized carbons (Fsp3) is 0.263. The molecule has 2 heterocycles. The van der Waals surface area contributed by atoms with Crippen molar-refractivity contribution >= 4 is 23.2 Å². The van der Waals surface area contributed by atoms with Crippen molar-refractivity contribution in [1.82, 2.24) is 10.2 Å². The van der Waals surface area contributed by atoms with E-state index in [-0.39, 0.29) is 18.1 Å². The Hall–Kier alpha value is -3.11. The number of anilines is 2. The minimum Gasteiger partial charge on any atom is -0.308 e. The van der Waals surface area contributed by atoms with E-state index in [1.54, 1.807) is 24.3 Å². The lowest BCUT2D eigenvalue weighted by Crippen LogP contribution is -2.57. The fourth-order valence-corrected chi connectivity index (χ4v) is 3.60. The summed E-state index contributed by atoms with van der Waals surface area (Å²) in [4.78, 5) is 27.4. The summed E-state index contributed by atoms with van der Waals surface area (Å²) in [7, 11) is 0. The van der Waals surface area contributed by atoms with Crippen LogP contribution >= 0.6 is 0 Å². The van der Waals surface area contributed by atoms with E-state index in [2.05, 4.69) is 0 Å². The Morgan fingerprint density at radius 3 is 2.31 bits per heavy atom. The molecule has 0 aliphatic carbocycles. The zero-order valence-electron chi connectivity index (χ0n) is 15.3. The molecule has 2 aliphatic rings. The van der Waals surface area contributed by atoms with Crippen molar-refractivity contribution in [3.63, 3.8) is 0 Å². The first-order valence-electron chi connectivity index (χ1n) is 8.95. The van der Waals surface area contributed by atoms with Crippen molar-refractivity contribution in [3.05, 3.63) is 59.7 Å². The Balaban J connectivity index is 1.78. The predicted octanol–water partition coefficient (Wildman–Crippen LogP) is 3.27. The van der Waals surface area contributed by atoms with Crippen molar-refractivity contribution in [2.24, 2.45) is 0 Å². The summed E-state index contributed by atoms with van der Waals surface area (Å²) in [5.74, 6) is -0.997. The molecule has 0 radical (unpaired) electrons. The highest BCUT2D eigenvalue weighted by Gasteiger charge is 2.53. The largest absolute Gasteiger partial charge is 0.416 e. The summed E-state index contributed by atoms with van der Waals surface area (Å²) < 4.78 is 38.5. The Bertz CT molecular complexity index is 964. The van der Waals surface area contributed by atoms with E-state index in [0.29, 0.717) is 23.0 Å². The normalized spacial score (nSPS) is 19.6. The zero-order valence-corrected chi connectivity index (χ0v) is 15.3. The summed E-state index contributed by atoms with van der Waals surface area (Å²) in [5.41, 5.74) is -0.178. The molecule has 2 amide bonds. The number of hydrazine groups is 2. The smallest absolute Gasteiger partial charge is 0.308 e. The quantitative estimate of drug-likeness (QED) is 0.848. The van der Waals surface area contributed by atoms with E-state index >= 15 is 0 Å². The first-order chi connectivity index (χ1) is 13.8. The highest BCUT2D eigenvalue weighted by molar-refractivity contribution is 6.10. The van der Waals surface area contributed by atoms with E-state index in [9.17, 15) is 28.0 Å². The lowest BCUT2D eigenvalue weighted by molar-refractivity contribution is -0.137. The predicted molar refractivity (Wildman–Crippen MR) is 96.6 cm³/mol. The van der Waals surface area contributed by atoms with Crippen LogP contribution in [-0.2, 0) is 11.0 Å². The van der Waals surface area contributed by atoms with Gasteiger partial charge in [0.15, 0.2) is 0 Å². The highest BCUT2D eigenvalue weighted by atomic mass is 19.4. The summed E-state index contributed by atoms with van der Waals surface area (Å²) in [6.07, 6.45) is -5.07. The SMILES string of the molecule is CCCN1C(=O)c2ccccc2N2C1C(=O)N(c1ccc(C(F)(F)F)cc1)N2O. The van der Waals surface area contributed by atoms with Gasteiger partial charge in [0.25, 0.3) is 11.8 Å². The number of nitrogens with zero attached hydrogens (tertiary/aromatic N) is 4. The maximum absolute atomic E-state index is 13.1. The molecule has 0 aromatic heterocycles. The minimum absolute atomic E-state index is 0.0429. The topological polar surface area (TPSA) is 67.3 Å². The maximum Gasteiger partial charge on any atom is 0.416 e. The standard InChI is InChI=1S/C19H17F3N4O3/c1-2-11-23-16-18(28)24(13-9-7-12(8-10-13)19(20,21)22)26(29)25(16)15-6-4-3-5-14(15)17(23)27/h3-10,16,29H,2,11H2,1H3. The molecule has 0 bridgehead atoms. The Morgan fingerprint density at radius 2 is 1.69 bits per heavy atom. The maximum atomic E-state index is 13.1. The molecule has 10 heteroatoms. The molecule has 29 heavy (non-hydrogen) atoms. The van der Waals surface area contributed by atoms with Crippen LogP contribution in [0, 0.1) is 0 Å². The average molecular weight is 406 g/mol. The molecule has 0 saturated carbocycles. The molecule has 152 valence electrons. The van der Waals surface area contributed by atoms with Gasteiger partial charge in [-0.2, -0.15) is 18.2 Å². The highest BCUT2D eigenvalue weighted by Crippen LogP contribution is 2.39. The molecule has 1 saturated heterocycles. The number of benzene rings is 2. The van der Waals surface area contributed by atoms with Crippen LogP contribution in [0.2, 0.25) is 0 Å². The number of fused-ring (bicyclic) bond motifs is 3. The minimum atomic E-state index is -4.52. The van der Waals surface area contributed by atoms with E-state index < -0.39 is 23.8 Å². The first-order valence-corrected chi connectivity index (χ1v) is 8.95. The Kier molecular flexibility index (Phi) is 4.47. The van der Waals surface area contributed by atoms with E-state index in [1.807, 2.05) is 6.92 Å². The van der Waals surface area contributed by atoms with Gasteiger partial charge in [-0.1, -0.05) is 19.1 Å². The molecule has 2 aliphatic heterocycles. The van der Waals surface area contributed by atoms with Gasteiger partial charge in [-0.15, -0.1) is 0 Å². The van der Waals surface area contributed by atoms with Gasteiger partial charge in [-0.05, 0) is 42.8 Å². The van der Waals surface area contributed by atoms with Crippen LogP contribution in [0.1, 0.15) is 29.3 Å². The molecule has 7 nitrogen and oxygen atoms in total. The van der Waals surface area contributed by atoms with Crippen molar-refractivity contribution < 1.29 is 28.0 Å². The second-order valence-corrected chi connectivity index (χ2v) is 6.70. The summed E-state index contributed by atoms with van der Waals surface area (Å²) in [6.45, 7) is 2.12. The molecule has 2 aromatic rings. The number of hydrogen-bond donors (Lipinski definition) is 1. The number of rotatable bonds is 3. The van der Waals surface area contributed by atoms with Gasteiger partial charge in [0, 0.05) is 11.8 Å². The second-order valence-electron chi connectivity index (χ2n) is 6.70. The molecule has 1 atom stereocenters. The van der Waals surface area contributed by atoms with Crippen LogP contribution in [-0.4, -0.2) is 39.9 Å². The number of amides is 2. The van der Waals surface area contributed by atoms with Gasteiger partial charge in [-0.25, -0.2) is 5.01 Å². The number of para-hydroxylation sites is 1. The third kappa shape index (κ3) is 2.91. The van der Waals surface area contributed by atoms with Gasteiger partial charge in [0.1, 0.15) is 0 Å². The van der Waals surface area contributed by atoms with Gasteiger partial charge < -0.3 is 4.90 Å². The molecular formula is C19H17F3N4O3. The van der Waals surface area contributed by atoms with Crippen molar-refractivity contribution in [2.45, 2.75) is 25.7 Å². The van der Waals surface area contributed by atoms with E-state index in [4.69, 9.17) is 0 Å². The summed E-state index contributed by atoms with van der Waals surface area (Å²) >= 11 is 0. The number of halogens is 3. The molecule has 1 fully saturated rings. The van der Waals surface area contributed by atoms with Gasteiger partial charge >= 0.3 is 6.18 Å². The summed E-state index contributed by atoms with van der Waals surface area (Å²) in [6, 6.07) is 10.4. The lowest BCUT2D eigenvalue weighted by atomic mass is 10.1. The van der Waals surface area contributed by atoms with Crippen LogP contribution in [0.25, 0.3) is 0 Å². The third-order valence-electron chi connectivity index (χ3n) is 4.87. The summed E-state index contributed by atoms with van der Waals surface area (Å²) in [5, 5.41) is 13.4. The van der Waals surface area contributed by atoms with Crippen molar-refractivity contribution in [3.8, 4) is 0 Å². The Morgan fingerprint density at radius 1 is 1.03 bits per heavy atom. The monoisotopic (exact) mass is 406 g/mol. The Labute approximate surface area is 164 Å². The number of alkyl halides is 3. The lowest BCUT2D eigenvalue weighted by Gasteiger charge is -2.39. The second kappa shape index (κ2) is 6.75. The van der Waals surface area contributed by atoms with E-state index in [1.165, 1.54) is 9.91 Å². The molecule has 2 aromatic carbocycles. The molecule has 4 rings (SSSR count). The molecule has 1 unspecified atom stereocenters. The van der Waals surface area contributed by atoms with Gasteiger partial charge in [0.2, 0.25) is 6.17 Å². The van der Waals surface area contributed by atoms with Crippen LogP contribution in [0.3, 0.4) is 0 Å². The van der Waals surface area contributed by atoms with Crippen LogP contribution in [0.5, 0.6) is 0 Å². The number of carbonyl (C=O) groups is 2. The molecular weight excluding hydrogens is 389 g/mol. The molecule has 0 spiro atoms. The van der Waals surface area contributed by atoms with Gasteiger partial charge in [-0.3, -0.25) is 14.8 Å². The molecule has 1 N–H and O–H groups in total. The van der Waals surface area contributed by atoms with Crippen LogP contribution in [0.15, 0.2) is 48.5 Å². The van der Waals surface area contributed by atoms with Gasteiger partial charge in [0.05, 0.1) is 22.5 Å². The van der Waals surface area contributed by atoms with Crippen LogP contribution < -0.4 is 10.0 Å². The third-order valence-corrected chi connectivity index (χ3v) is 4.87. The van der Waals surface area contributed by atoms with Crippen LogP contribution in [0.4, 0.5) is 24.5 Å². The number of hydrogen-bond acceptors (Lipinski definition) is 5. The van der Waals surface area contributed by atoms with Crippen molar-refractivity contribution in [2.75, 3.05) is 16.6 Å². The first kappa shape index (κ1) is 19.2. The fourth-order valence-electron chi connectivity index (χ4n) is 3.60. The van der Waals surface area contributed by atoms with Crippen molar-refractivity contribution in [1.29, 1.82) is 0 Å². The van der Waals surface area contributed by atoms with E-state index in [0.717, 1.165) is 29.3 Å². The average Bonchev–Trinajstić information content (AvgIpc) is 2.95. The zero-order chi connectivity index (χ0) is 20.9. The number of carbonyl (C=O) groups excluding carboxylic acids is 2.